The van der Waals surface area contributed by atoms with Crippen LogP contribution in [0.25, 0.3) is 0 Å². The maximum absolute atomic E-state index is 11.9. The molecule has 1 aromatic rings. The molecular formula is C8H12N4O3. The summed E-state index contributed by atoms with van der Waals surface area (Å²) in [6.07, 6.45) is 0. The summed E-state index contributed by atoms with van der Waals surface area (Å²) in [7, 11) is 0. The minimum absolute atomic E-state index is 0.104. The number of rotatable bonds is 1. The van der Waals surface area contributed by atoms with Crippen LogP contribution in [0.15, 0.2) is 4.63 Å². The van der Waals surface area contributed by atoms with Crippen molar-refractivity contribution in [2.45, 2.75) is 6.92 Å². The van der Waals surface area contributed by atoms with Crippen LogP contribution >= 0.6 is 0 Å². The number of carbonyl (C=O) groups excluding carboxylic acids is 1. The number of hydrogen-bond acceptors (Lipinski definition) is 5. The summed E-state index contributed by atoms with van der Waals surface area (Å²) in [6, 6.07) is 0. The topological polar surface area (TPSA) is 85.3 Å². The van der Waals surface area contributed by atoms with Crippen molar-refractivity contribution in [1.29, 1.82) is 0 Å². The second kappa shape index (κ2) is 3.85. The number of nitrogens with zero attached hydrogens (tertiary/aromatic N) is 3. The van der Waals surface area contributed by atoms with E-state index in [1.54, 1.807) is 4.90 Å². The maximum Gasteiger partial charge on any atom is 0.308 e. The van der Waals surface area contributed by atoms with Crippen LogP contribution in [0.5, 0.6) is 0 Å². The zero-order valence-electron chi connectivity index (χ0n) is 8.39. The second-order valence-electron chi connectivity index (χ2n) is 3.41. The molecule has 2 rings (SSSR count). The Kier molecular flexibility index (Phi) is 2.55. The van der Waals surface area contributed by atoms with Crippen molar-refractivity contribution in [3.63, 3.8) is 0 Å². The number of piperazine rings is 1. The lowest BCUT2D eigenvalue weighted by Crippen LogP contribution is -2.46. The molecule has 1 saturated heterocycles. The van der Waals surface area contributed by atoms with Gasteiger partial charge in [0.15, 0.2) is 0 Å². The zero-order valence-corrected chi connectivity index (χ0v) is 8.39. The molecule has 0 bridgehead atoms. The molecule has 0 unspecified atom stereocenters. The molecule has 7 heteroatoms. The molecule has 1 amide bonds. The molecule has 0 saturated carbocycles. The fourth-order valence-corrected chi connectivity index (χ4v) is 1.50. The molecule has 0 aromatic carbocycles. The Hall–Kier alpha value is -1.63. The van der Waals surface area contributed by atoms with Gasteiger partial charge in [-0.1, -0.05) is 0 Å². The maximum atomic E-state index is 11.9. The van der Waals surface area contributed by atoms with Gasteiger partial charge in [0.25, 0.3) is 0 Å². The van der Waals surface area contributed by atoms with E-state index >= 15 is 0 Å². The first-order chi connectivity index (χ1) is 7.20. The second-order valence-corrected chi connectivity index (χ2v) is 3.41. The van der Waals surface area contributed by atoms with Crippen molar-refractivity contribution in [1.82, 2.24) is 15.4 Å². The Labute approximate surface area is 86.2 Å². The lowest BCUT2D eigenvalue weighted by atomic mass is 10.2. The fraction of sp³-hybridized carbons (Fsp3) is 0.625. The van der Waals surface area contributed by atoms with E-state index in [0.29, 0.717) is 13.1 Å². The Bertz CT molecular complexity index is 370. The van der Waals surface area contributed by atoms with Crippen LogP contribution in [0.4, 0.5) is 0 Å². The SMILES string of the molecule is Cc1c(C(=O)N2CCNCC2)no[n+]1[O-]. The quantitative estimate of drug-likeness (QED) is 0.582. The van der Waals surface area contributed by atoms with Crippen LogP contribution in [-0.4, -0.2) is 42.1 Å². The van der Waals surface area contributed by atoms with Gasteiger partial charge in [-0.05, 0) is 4.90 Å². The summed E-state index contributed by atoms with van der Waals surface area (Å²) in [6.45, 7) is 4.30. The molecule has 1 aromatic heterocycles. The van der Waals surface area contributed by atoms with Crippen molar-refractivity contribution in [2.75, 3.05) is 26.2 Å². The average molecular weight is 212 g/mol. The molecular weight excluding hydrogens is 200 g/mol. The molecule has 15 heavy (non-hydrogen) atoms. The number of aromatic nitrogens is 2. The number of carbonyl (C=O) groups is 1. The van der Waals surface area contributed by atoms with Crippen LogP contribution in [0.3, 0.4) is 0 Å². The molecule has 0 radical (unpaired) electrons. The van der Waals surface area contributed by atoms with Gasteiger partial charge in [-0.25, -0.2) is 0 Å². The van der Waals surface area contributed by atoms with E-state index in [1.807, 2.05) is 0 Å². The summed E-state index contributed by atoms with van der Waals surface area (Å²) in [5.41, 5.74) is 0.311. The Balaban J connectivity index is 2.16. The third-order valence-corrected chi connectivity index (χ3v) is 2.43. The van der Waals surface area contributed by atoms with Gasteiger partial charge in [0.1, 0.15) is 0 Å². The van der Waals surface area contributed by atoms with E-state index < -0.39 is 0 Å². The molecule has 82 valence electrons. The Morgan fingerprint density at radius 3 is 2.80 bits per heavy atom. The smallest absolute Gasteiger partial charge is 0.308 e. The zero-order chi connectivity index (χ0) is 10.8. The molecule has 1 aliphatic heterocycles. The van der Waals surface area contributed by atoms with E-state index in [0.717, 1.165) is 13.1 Å². The van der Waals surface area contributed by atoms with Gasteiger partial charge in [-0.2, -0.15) is 0 Å². The predicted molar refractivity (Wildman–Crippen MR) is 49.0 cm³/mol. The van der Waals surface area contributed by atoms with Crippen LogP contribution in [-0.2, 0) is 0 Å². The molecule has 0 spiro atoms. The number of hydrogen-bond donors (Lipinski definition) is 1. The monoisotopic (exact) mass is 212 g/mol. The van der Waals surface area contributed by atoms with Gasteiger partial charge >= 0.3 is 11.6 Å². The number of nitrogens with one attached hydrogen (secondary N) is 1. The first-order valence-corrected chi connectivity index (χ1v) is 4.76. The first kappa shape index (κ1) is 9.91. The van der Waals surface area contributed by atoms with Crippen LogP contribution in [0.2, 0.25) is 0 Å². The van der Waals surface area contributed by atoms with E-state index in [1.165, 1.54) is 6.92 Å². The van der Waals surface area contributed by atoms with E-state index in [4.69, 9.17) is 0 Å². The minimum Gasteiger partial charge on any atom is -0.359 e. The lowest BCUT2D eigenvalue weighted by molar-refractivity contribution is -0.806. The summed E-state index contributed by atoms with van der Waals surface area (Å²) >= 11 is 0. The normalized spacial score (nSPS) is 16.7. The van der Waals surface area contributed by atoms with Crippen LogP contribution < -0.4 is 10.2 Å². The largest absolute Gasteiger partial charge is 0.359 e. The third kappa shape index (κ3) is 1.78. The summed E-state index contributed by atoms with van der Waals surface area (Å²) in [5, 5.41) is 17.5. The molecule has 2 heterocycles. The van der Waals surface area contributed by atoms with Crippen molar-refractivity contribution >= 4 is 5.91 Å². The van der Waals surface area contributed by atoms with Gasteiger partial charge in [-0.3, -0.25) is 9.42 Å². The van der Waals surface area contributed by atoms with Crippen molar-refractivity contribution < 1.29 is 14.3 Å². The molecule has 1 N–H and O–H groups in total. The lowest BCUT2D eigenvalue weighted by Gasteiger charge is -2.25. The highest BCUT2D eigenvalue weighted by Crippen LogP contribution is 2.05. The van der Waals surface area contributed by atoms with Crippen LogP contribution in [0, 0.1) is 12.1 Å². The van der Waals surface area contributed by atoms with Gasteiger partial charge in [-0.15, -0.1) is 0 Å². The standard InChI is InChI=1S/C8H12N4O3/c1-6-7(10-15-12(6)14)8(13)11-4-2-9-3-5-11/h9H,2-5H2,1H3. The predicted octanol–water partition coefficient (Wildman–Crippen LogP) is -1.34. The molecule has 7 nitrogen and oxygen atoms in total. The third-order valence-electron chi connectivity index (χ3n) is 2.43. The van der Waals surface area contributed by atoms with E-state index in [-0.39, 0.29) is 22.2 Å². The molecule has 1 aliphatic rings. The highest BCUT2D eigenvalue weighted by Gasteiger charge is 2.28. The summed E-state index contributed by atoms with van der Waals surface area (Å²) < 4.78 is 4.36. The minimum atomic E-state index is -0.243. The van der Waals surface area contributed by atoms with Crippen molar-refractivity contribution in [3.8, 4) is 0 Å². The molecule has 1 fully saturated rings. The molecule has 0 atom stereocenters. The first-order valence-electron chi connectivity index (χ1n) is 4.76. The van der Waals surface area contributed by atoms with Gasteiger partial charge < -0.3 is 15.4 Å². The van der Waals surface area contributed by atoms with E-state index in [9.17, 15) is 10.0 Å². The van der Waals surface area contributed by atoms with E-state index in [2.05, 4.69) is 15.1 Å². The fourth-order valence-electron chi connectivity index (χ4n) is 1.50. The van der Waals surface area contributed by atoms with Gasteiger partial charge in [0.2, 0.25) is 5.69 Å². The van der Waals surface area contributed by atoms with Crippen LogP contribution in [0.1, 0.15) is 16.2 Å². The number of amides is 1. The molecule has 0 aliphatic carbocycles. The average Bonchev–Trinajstić information content (AvgIpc) is 2.60. The highest BCUT2D eigenvalue weighted by atomic mass is 16.8. The Morgan fingerprint density at radius 1 is 1.60 bits per heavy atom. The summed E-state index contributed by atoms with van der Waals surface area (Å²) in [4.78, 5) is 13.8. The van der Waals surface area contributed by atoms with Gasteiger partial charge in [0.05, 0.1) is 5.16 Å². The van der Waals surface area contributed by atoms with Gasteiger partial charge in [0, 0.05) is 33.1 Å². The van der Waals surface area contributed by atoms with Crippen molar-refractivity contribution in [2.24, 2.45) is 0 Å². The van der Waals surface area contributed by atoms with Crippen molar-refractivity contribution in [3.05, 3.63) is 16.6 Å². The highest BCUT2D eigenvalue weighted by molar-refractivity contribution is 5.92. The summed E-state index contributed by atoms with van der Waals surface area (Å²) in [5.74, 6) is -0.243. The Morgan fingerprint density at radius 2 is 2.27 bits per heavy atom.